The van der Waals surface area contributed by atoms with E-state index in [1.54, 1.807) is 0 Å². The first kappa shape index (κ1) is 10.5. The third kappa shape index (κ3) is 2.21. The molecule has 0 fully saturated rings. The van der Waals surface area contributed by atoms with Crippen molar-refractivity contribution in [2.75, 3.05) is 5.32 Å². The Morgan fingerprint density at radius 3 is 2.79 bits per heavy atom. The van der Waals surface area contributed by atoms with Gasteiger partial charge in [-0.1, -0.05) is 18.9 Å². The van der Waals surface area contributed by atoms with E-state index in [1.807, 2.05) is 13.8 Å². The van der Waals surface area contributed by atoms with Gasteiger partial charge in [0.25, 0.3) is 0 Å². The van der Waals surface area contributed by atoms with Crippen molar-refractivity contribution in [3.8, 4) is 0 Å². The molecule has 0 saturated carbocycles. The average molecular weight is 198 g/mol. The molecule has 0 radical (unpaired) electrons. The Morgan fingerprint density at radius 1 is 1.64 bits per heavy atom. The molecule has 1 rings (SSSR count). The SMILES string of the molecule is CCC(CC)Nc1cn[nH]c1[N+](=O)[O-]. The Morgan fingerprint density at radius 2 is 2.29 bits per heavy atom. The maximum absolute atomic E-state index is 10.5. The summed E-state index contributed by atoms with van der Waals surface area (Å²) in [6.45, 7) is 4.07. The van der Waals surface area contributed by atoms with E-state index in [-0.39, 0.29) is 11.9 Å². The van der Waals surface area contributed by atoms with Gasteiger partial charge in [-0.3, -0.25) is 0 Å². The van der Waals surface area contributed by atoms with Crippen LogP contribution < -0.4 is 5.32 Å². The van der Waals surface area contributed by atoms with Crippen LogP contribution in [0.2, 0.25) is 0 Å². The Hall–Kier alpha value is -1.59. The summed E-state index contributed by atoms with van der Waals surface area (Å²) in [5.41, 5.74) is 0.462. The van der Waals surface area contributed by atoms with Gasteiger partial charge in [-0.05, 0) is 17.8 Å². The fourth-order valence-electron chi connectivity index (χ4n) is 1.24. The van der Waals surface area contributed by atoms with Crippen molar-refractivity contribution in [1.29, 1.82) is 0 Å². The molecule has 6 heteroatoms. The Balaban J connectivity index is 2.75. The van der Waals surface area contributed by atoms with Gasteiger partial charge in [-0.2, -0.15) is 0 Å². The van der Waals surface area contributed by atoms with Gasteiger partial charge >= 0.3 is 5.82 Å². The smallest absolute Gasteiger partial charge is 0.366 e. The molecule has 0 bridgehead atoms. The molecule has 0 spiro atoms. The van der Waals surface area contributed by atoms with Crippen LogP contribution in [0.3, 0.4) is 0 Å². The standard InChI is InChI=1S/C8H14N4O2/c1-3-6(4-2)10-7-5-9-11-8(7)12(13)14/h5-6,10H,3-4H2,1-2H3,(H,9,11). The summed E-state index contributed by atoms with van der Waals surface area (Å²) in [5, 5.41) is 19.6. The molecular formula is C8H14N4O2. The molecule has 0 aliphatic rings. The fraction of sp³-hybridized carbons (Fsp3) is 0.625. The van der Waals surface area contributed by atoms with Crippen molar-refractivity contribution in [2.45, 2.75) is 32.7 Å². The van der Waals surface area contributed by atoms with Crippen LogP contribution in [0.1, 0.15) is 26.7 Å². The zero-order valence-electron chi connectivity index (χ0n) is 8.28. The number of hydrogen-bond donors (Lipinski definition) is 2. The zero-order valence-corrected chi connectivity index (χ0v) is 8.28. The third-order valence-corrected chi connectivity index (χ3v) is 2.15. The molecule has 0 aliphatic heterocycles. The highest BCUT2D eigenvalue weighted by Gasteiger charge is 2.16. The minimum absolute atomic E-state index is 0.0723. The summed E-state index contributed by atoms with van der Waals surface area (Å²) < 4.78 is 0. The lowest BCUT2D eigenvalue weighted by atomic mass is 10.2. The molecule has 0 atom stereocenters. The maximum Gasteiger partial charge on any atom is 0.366 e. The van der Waals surface area contributed by atoms with Crippen LogP contribution in [0.5, 0.6) is 0 Å². The van der Waals surface area contributed by atoms with Crippen LogP contribution >= 0.6 is 0 Å². The monoisotopic (exact) mass is 198 g/mol. The Kier molecular flexibility index (Phi) is 3.44. The summed E-state index contributed by atoms with van der Waals surface area (Å²) in [6.07, 6.45) is 3.30. The minimum atomic E-state index is -0.474. The van der Waals surface area contributed by atoms with Gasteiger partial charge < -0.3 is 15.4 Å². The molecule has 2 N–H and O–H groups in total. The molecule has 78 valence electrons. The van der Waals surface area contributed by atoms with E-state index < -0.39 is 4.92 Å². The molecule has 1 aromatic rings. The normalized spacial score (nSPS) is 10.5. The van der Waals surface area contributed by atoms with Crippen molar-refractivity contribution < 1.29 is 4.92 Å². The van der Waals surface area contributed by atoms with Gasteiger partial charge in [0.05, 0.1) is 0 Å². The fourth-order valence-corrected chi connectivity index (χ4v) is 1.24. The van der Waals surface area contributed by atoms with Gasteiger partial charge in [0.2, 0.25) is 0 Å². The average Bonchev–Trinajstić information content (AvgIpc) is 2.62. The number of nitrogens with zero attached hydrogens (tertiary/aromatic N) is 2. The van der Waals surface area contributed by atoms with Crippen LogP contribution in [0, 0.1) is 10.1 Å². The van der Waals surface area contributed by atoms with Gasteiger partial charge in [0.15, 0.2) is 5.69 Å². The molecule has 0 saturated heterocycles. The highest BCUT2D eigenvalue weighted by Crippen LogP contribution is 2.21. The van der Waals surface area contributed by atoms with Crippen molar-refractivity contribution >= 4 is 11.5 Å². The van der Waals surface area contributed by atoms with E-state index in [1.165, 1.54) is 6.20 Å². The zero-order chi connectivity index (χ0) is 10.6. The first-order chi connectivity index (χ1) is 6.69. The first-order valence-corrected chi connectivity index (χ1v) is 4.63. The number of nitrogens with one attached hydrogen (secondary N) is 2. The predicted octanol–water partition coefficient (Wildman–Crippen LogP) is 1.92. The lowest BCUT2D eigenvalue weighted by Gasteiger charge is -2.13. The van der Waals surface area contributed by atoms with E-state index in [2.05, 4.69) is 15.5 Å². The van der Waals surface area contributed by atoms with Gasteiger partial charge in [0.1, 0.15) is 6.20 Å². The molecule has 6 nitrogen and oxygen atoms in total. The van der Waals surface area contributed by atoms with Crippen molar-refractivity contribution in [3.05, 3.63) is 16.3 Å². The number of rotatable bonds is 5. The molecular weight excluding hydrogens is 184 g/mol. The molecule has 1 aromatic heterocycles. The highest BCUT2D eigenvalue weighted by atomic mass is 16.6. The number of anilines is 1. The maximum atomic E-state index is 10.5. The quantitative estimate of drug-likeness (QED) is 0.559. The van der Waals surface area contributed by atoms with Crippen LogP contribution in [0.25, 0.3) is 0 Å². The molecule has 1 heterocycles. The van der Waals surface area contributed by atoms with Gasteiger partial charge in [-0.15, -0.1) is 5.10 Å². The van der Waals surface area contributed by atoms with Crippen LogP contribution in [-0.2, 0) is 0 Å². The minimum Gasteiger partial charge on any atom is -0.374 e. The summed E-state index contributed by atoms with van der Waals surface area (Å²) in [6, 6.07) is 0.256. The summed E-state index contributed by atoms with van der Waals surface area (Å²) in [4.78, 5) is 10.1. The molecule has 0 aromatic carbocycles. The molecule has 0 aliphatic carbocycles. The molecule has 0 unspecified atom stereocenters. The Labute approximate surface area is 81.9 Å². The van der Waals surface area contributed by atoms with Crippen molar-refractivity contribution in [1.82, 2.24) is 10.2 Å². The van der Waals surface area contributed by atoms with E-state index in [4.69, 9.17) is 0 Å². The van der Waals surface area contributed by atoms with E-state index in [0.717, 1.165) is 12.8 Å². The predicted molar refractivity (Wildman–Crippen MR) is 53.2 cm³/mol. The number of hydrogen-bond acceptors (Lipinski definition) is 4. The summed E-state index contributed by atoms with van der Waals surface area (Å²) in [5.74, 6) is -0.0723. The third-order valence-electron chi connectivity index (χ3n) is 2.15. The number of nitro groups is 1. The summed E-state index contributed by atoms with van der Waals surface area (Å²) >= 11 is 0. The van der Waals surface area contributed by atoms with Gasteiger partial charge in [0, 0.05) is 6.04 Å². The van der Waals surface area contributed by atoms with Gasteiger partial charge in [-0.25, -0.2) is 0 Å². The van der Waals surface area contributed by atoms with Crippen LogP contribution in [0.15, 0.2) is 6.20 Å². The number of H-pyrrole nitrogens is 1. The molecule has 0 amide bonds. The lowest BCUT2D eigenvalue weighted by molar-refractivity contribution is -0.388. The highest BCUT2D eigenvalue weighted by molar-refractivity contribution is 5.55. The Bertz CT molecular complexity index is 306. The van der Waals surface area contributed by atoms with E-state index in [9.17, 15) is 10.1 Å². The topological polar surface area (TPSA) is 83.8 Å². The summed E-state index contributed by atoms with van der Waals surface area (Å²) in [7, 11) is 0. The lowest BCUT2D eigenvalue weighted by Crippen LogP contribution is -2.17. The van der Waals surface area contributed by atoms with E-state index >= 15 is 0 Å². The van der Waals surface area contributed by atoms with Crippen LogP contribution in [-0.4, -0.2) is 21.2 Å². The van der Waals surface area contributed by atoms with Crippen molar-refractivity contribution in [2.24, 2.45) is 0 Å². The number of aromatic nitrogens is 2. The van der Waals surface area contributed by atoms with Crippen molar-refractivity contribution in [3.63, 3.8) is 0 Å². The van der Waals surface area contributed by atoms with Crippen LogP contribution in [0.4, 0.5) is 11.5 Å². The first-order valence-electron chi connectivity index (χ1n) is 4.63. The number of aromatic amines is 1. The molecule has 14 heavy (non-hydrogen) atoms. The second kappa shape index (κ2) is 4.59. The van der Waals surface area contributed by atoms with E-state index in [0.29, 0.717) is 5.69 Å². The largest absolute Gasteiger partial charge is 0.374 e. The second-order valence-corrected chi connectivity index (χ2v) is 3.05. The second-order valence-electron chi connectivity index (χ2n) is 3.05.